The summed E-state index contributed by atoms with van der Waals surface area (Å²) >= 11 is 3.34. The first-order chi connectivity index (χ1) is 11.6. The first kappa shape index (κ1) is 16.7. The molecule has 7 heteroatoms. The van der Waals surface area contributed by atoms with E-state index in [-0.39, 0.29) is 24.0 Å². The molecule has 0 saturated carbocycles. The monoisotopic (exact) mass is 407 g/mol. The van der Waals surface area contributed by atoms with Crippen molar-refractivity contribution in [2.75, 3.05) is 0 Å². The highest BCUT2D eigenvalue weighted by atomic mass is 79.9. The van der Waals surface area contributed by atoms with Crippen LogP contribution >= 0.6 is 15.9 Å². The molecule has 0 spiro atoms. The number of furan rings is 2. The van der Waals surface area contributed by atoms with Gasteiger partial charge in [-0.3, -0.25) is 9.00 Å². The molecule has 24 heavy (non-hydrogen) atoms. The number of rotatable bonds is 6. The van der Waals surface area contributed by atoms with E-state index in [1.54, 1.807) is 42.7 Å². The van der Waals surface area contributed by atoms with Crippen molar-refractivity contribution in [3.63, 3.8) is 0 Å². The maximum Gasteiger partial charge on any atom is 0.287 e. The first-order valence-electron chi connectivity index (χ1n) is 7.15. The summed E-state index contributed by atoms with van der Waals surface area (Å²) in [6.45, 7) is 0.284. The molecule has 0 fully saturated rings. The van der Waals surface area contributed by atoms with Crippen LogP contribution in [0.25, 0.3) is 0 Å². The summed E-state index contributed by atoms with van der Waals surface area (Å²) in [6, 6.07) is 14.0. The van der Waals surface area contributed by atoms with Crippen LogP contribution in [0.4, 0.5) is 0 Å². The molecule has 0 bridgehead atoms. The van der Waals surface area contributed by atoms with Crippen LogP contribution in [0.15, 0.2) is 73.0 Å². The van der Waals surface area contributed by atoms with E-state index in [0.717, 1.165) is 4.47 Å². The lowest BCUT2D eigenvalue weighted by Gasteiger charge is -2.01. The summed E-state index contributed by atoms with van der Waals surface area (Å²) in [4.78, 5) is 12.7. The summed E-state index contributed by atoms with van der Waals surface area (Å²) in [5.41, 5.74) is 0. The molecule has 3 aromatic rings. The van der Waals surface area contributed by atoms with Gasteiger partial charge < -0.3 is 14.2 Å². The van der Waals surface area contributed by atoms with Gasteiger partial charge in [0.05, 0.1) is 29.4 Å². The maximum absolute atomic E-state index is 12.3. The minimum Gasteiger partial charge on any atom is -0.467 e. The molecule has 2 heterocycles. The highest BCUT2D eigenvalue weighted by Gasteiger charge is 2.14. The van der Waals surface area contributed by atoms with Gasteiger partial charge in [0.15, 0.2) is 5.76 Å². The molecule has 0 aliphatic rings. The fourth-order valence-corrected chi connectivity index (χ4v) is 3.33. The molecule has 0 aliphatic heterocycles. The van der Waals surface area contributed by atoms with Crippen LogP contribution in [0.3, 0.4) is 0 Å². The molecular formula is C17H14BrNO4S. The third-order valence-corrected chi connectivity index (χ3v) is 5.11. The Hall–Kier alpha value is -2.12. The SMILES string of the molecule is O=C(NCc1ccco1)c1ccc(CS(=O)c2ccc(Br)cc2)o1. The largest absolute Gasteiger partial charge is 0.467 e. The number of benzene rings is 1. The molecule has 0 radical (unpaired) electrons. The quantitative estimate of drug-likeness (QED) is 0.672. The normalized spacial score (nSPS) is 12.0. The number of nitrogens with one attached hydrogen (secondary N) is 1. The van der Waals surface area contributed by atoms with Crippen LogP contribution in [0.1, 0.15) is 22.1 Å². The molecule has 2 aromatic heterocycles. The van der Waals surface area contributed by atoms with E-state index in [4.69, 9.17) is 8.83 Å². The molecular weight excluding hydrogens is 394 g/mol. The Morgan fingerprint density at radius 1 is 1.08 bits per heavy atom. The molecule has 1 unspecified atom stereocenters. The average molecular weight is 408 g/mol. The van der Waals surface area contributed by atoms with E-state index in [9.17, 15) is 9.00 Å². The van der Waals surface area contributed by atoms with Crippen molar-refractivity contribution in [2.24, 2.45) is 0 Å². The van der Waals surface area contributed by atoms with Gasteiger partial charge >= 0.3 is 0 Å². The lowest BCUT2D eigenvalue weighted by Crippen LogP contribution is -2.21. The minimum absolute atomic E-state index is 0.185. The summed E-state index contributed by atoms with van der Waals surface area (Å²) < 4.78 is 23.9. The van der Waals surface area contributed by atoms with E-state index in [2.05, 4.69) is 21.2 Å². The van der Waals surface area contributed by atoms with Crippen molar-refractivity contribution in [1.82, 2.24) is 5.32 Å². The summed E-state index contributed by atoms with van der Waals surface area (Å²) in [7, 11) is -1.23. The van der Waals surface area contributed by atoms with Crippen molar-refractivity contribution < 1.29 is 17.8 Å². The molecule has 1 aromatic carbocycles. The number of amides is 1. The predicted octanol–water partition coefficient (Wildman–Crippen LogP) is 3.87. The van der Waals surface area contributed by atoms with Crippen LogP contribution in [-0.2, 0) is 23.1 Å². The van der Waals surface area contributed by atoms with E-state index in [0.29, 0.717) is 16.4 Å². The molecule has 5 nitrogen and oxygen atoms in total. The van der Waals surface area contributed by atoms with E-state index >= 15 is 0 Å². The maximum atomic E-state index is 12.3. The van der Waals surface area contributed by atoms with Crippen LogP contribution in [0.2, 0.25) is 0 Å². The Labute approximate surface area is 149 Å². The molecule has 124 valence electrons. The molecule has 1 amide bonds. The van der Waals surface area contributed by atoms with Gasteiger partial charge in [-0.1, -0.05) is 15.9 Å². The van der Waals surface area contributed by atoms with Crippen molar-refractivity contribution >= 4 is 32.6 Å². The molecule has 1 N–H and O–H groups in total. The third-order valence-electron chi connectivity index (χ3n) is 3.24. The van der Waals surface area contributed by atoms with Gasteiger partial charge in [0, 0.05) is 9.37 Å². The van der Waals surface area contributed by atoms with Gasteiger partial charge in [0.25, 0.3) is 5.91 Å². The molecule has 0 aliphatic carbocycles. The lowest BCUT2D eigenvalue weighted by molar-refractivity contribution is 0.0919. The number of halogens is 1. The minimum atomic E-state index is -1.23. The van der Waals surface area contributed by atoms with E-state index < -0.39 is 10.8 Å². The van der Waals surface area contributed by atoms with Gasteiger partial charge in [0.2, 0.25) is 0 Å². The number of carbonyl (C=O) groups excluding carboxylic acids is 1. The van der Waals surface area contributed by atoms with Gasteiger partial charge in [-0.2, -0.15) is 0 Å². The highest BCUT2D eigenvalue weighted by Crippen LogP contribution is 2.17. The second-order valence-electron chi connectivity index (χ2n) is 4.97. The second-order valence-corrected chi connectivity index (χ2v) is 7.34. The Bertz CT molecular complexity index is 840. The van der Waals surface area contributed by atoms with Gasteiger partial charge in [-0.05, 0) is 48.5 Å². The third kappa shape index (κ3) is 4.24. The van der Waals surface area contributed by atoms with Crippen molar-refractivity contribution in [1.29, 1.82) is 0 Å². The Balaban J connectivity index is 1.59. The summed E-state index contributed by atoms with van der Waals surface area (Å²) in [5.74, 6) is 1.22. The highest BCUT2D eigenvalue weighted by molar-refractivity contribution is 9.10. The van der Waals surface area contributed by atoms with Crippen LogP contribution in [-0.4, -0.2) is 10.1 Å². The summed E-state index contributed by atoms with van der Waals surface area (Å²) in [6.07, 6.45) is 1.55. The standard InChI is InChI=1S/C17H14BrNO4S/c18-12-3-6-15(7-4-12)24(21)11-14-5-8-16(23-14)17(20)19-10-13-2-1-9-22-13/h1-9H,10-11H2,(H,19,20). The Kier molecular flexibility index (Phi) is 5.32. The van der Waals surface area contributed by atoms with E-state index in [1.165, 1.54) is 0 Å². The topological polar surface area (TPSA) is 72.5 Å². The summed E-state index contributed by atoms with van der Waals surface area (Å²) in [5, 5.41) is 2.70. The average Bonchev–Trinajstić information content (AvgIpc) is 3.25. The zero-order chi connectivity index (χ0) is 16.9. The number of hydrogen-bond donors (Lipinski definition) is 1. The van der Waals surface area contributed by atoms with E-state index in [1.807, 2.05) is 12.1 Å². The predicted molar refractivity (Wildman–Crippen MR) is 92.8 cm³/mol. The van der Waals surface area contributed by atoms with Crippen molar-refractivity contribution in [3.05, 3.63) is 76.5 Å². The molecule has 0 saturated heterocycles. The first-order valence-corrected chi connectivity index (χ1v) is 9.26. The lowest BCUT2D eigenvalue weighted by atomic mass is 10.4. The van der Waals surface area contributed by atoms with Gasteiger partial charge in [0.1, 0.15) is 11.5 Å². The number of carbonyl (C=O) groups is 1. The zero-order valence-corrected chi connectivity index (χ0v) is 14.9. The molecule has 1 atom stereocenters. The van der Waals surface area contributed by atoms with Crippen LogP contribution in [0, 0.1) is 0 Å². The second kappa shape index (κ2) is 7.63. The zero-order valence-electron chi connectivity index (χ0n) is 12.5. The molecule has 3 rings (SSSR count). The van der Waals surface area contributed by atoms with Gasteiger partial charge in [-0.25, -0.2) is 0 Å². The van der Waals surface area contributed by atoms with Crippen molar-refractivity contribution in [3.8, 4) is 0 Å². The Morgan fingerprint density at radius 3 is 2.58 bits per heavy atom. The van der Waals surface area contributed by atoms with Crippen molar-refractivity contribution in [2.45, 2.75) is 17.2 Å². The van der Waals surface area contributed by atoms with Gasteiger partial charge in [-0.15, -0.1) is 0 Å². The number of hydrogen-bond acceptors (Lipinski definition) is 4. The Morgan fingerprint density at radius 2 is 1.88 bits per heavy atom. The van der Waals surface area contributed by atoms with Crippen LogP contribution in [0.5, 0.6) is 0 Å². The fourth-order valence-electron chi connectivity index (χ4n) is 2.04. The fraction of sp³-hybridized carbons (Fsp3) is 0.118. The van der Waals surface area contributed by atoms with Crippen LogP contribution < -0.4 is 5.32 Å². The smallest absolute Gasteiger partial charge is 0.287 e.